The molecule has 0 spiro atoms. The lowest BCUT2D eigenvalue weighted by Crippen LogP contribution is -2.37. The molecule has 0 bridgehead atoms. The molecule has 0 aliphatic carbocycles. The van der Waals surface area contributed by atoms with Crippen LogP contribution in [0.2, 0.25) is 0 Å². The first kappa shape index (κ1) is 12.4. The molecule has 88 valence electrons. The van der Waals surface area contributed by atoms with Crippen LogP contribution in [-0.4, -0.2) is 15.7 Å². The van der Waals surface area contributed by atoms with Gasteiger partial charge in [-0.25, -0.2) is 10.5 Å². The quantitative estimate of drug-likeness (QED) is 0.426. The van der Waals surface area contributed by atoms with E-state index in [4.69, 9.17) is 5.84 Å². The van der Waals surface area contributed by atoms with Gasteiger partial charge in [-0.2, -0.15) is 5.10 Å². The molecule has 1 heterocycles. The number of unbranched alkanes of at least 4 members (excludes halogenated alkanes) is 1. The molecule has 0 aliphatic heterocycles. The van der Waals surface area contributed by atoms with E-state index < -0.39 is 11.5 Å². The van der Waals surface area contributed by atoms with Crippen molar-refractivity contribution in [1.82, 2.24) is 15.2 Å². The topological polar surface area (TPSA) is 90.0 Å². The molecule has 16 heavy (non-hydrogen) atoms. The maximum atomic E-state index is 11.8. The SMILES string of the molecule is CCCCn1nc(C)cc(C(=O)NN)c1=O. The van der Waals surface area contributed by atoms with Crippen LogP contribution in [0, 0.1) is 6.92 Å². The number of carbonyl (C=O) groups is 1. The summed E-state index contributed by atoms with van der Waals surface area (Å²) in [6, 6.07) is 1.44. The monoisotopic (exact) mass is 224 g/mol. The third-order valence-corrected chi connectivity index (χ3v) is 2.20. The van der Waals surface area contributed by atoms with Crippen LogP contribution in [0.5, 0.6) is 0 Å². The van der Waals surface area contributed by atoms with Gasteiger partial charge in [0.15, 0.2) is 0 Å². The lowest BCUT2D eigenvalue weighted by molar-refractivity contribution is 0.0951. The van der Waals surface area contributed by atoms with E-state index in [1.54, 1.807) is 6.92 Å². The van der Waals surface area contributed by atoms with Crippen molar-refractivity contribution in [2.75, 3.05) is 0 Å². The van der Waals surface area contributed by atoms with E-state index in [2.05, 4.69) is 5.10 Å². The first-order valence-corrected chi connectivity index (χ1v) is 5.19. The van der Waals surface area contributed by atoms with Crippen LogP contribution in [0.3, 0.4) is 0 Å². The number of carbonyl (C=O) groups excluding carboxylic acids is 1. The third kappa shape index (κ3) is 2.66. The van der Waals surface area contributed by atoms with Gasteiger partial charge in [-0.1, -0.05) is 13.3 Å². The molecule has 1 aromatic rings. The Labute approximate surface area is 93.4 Å². The number of hydrogen-bond acceptors (Lipinski definition) is 4. The van der Waals surface area contributed by atoms with Gasteiger partial charge in [0.2, 0.25) is 0 Å². The molecule has 1 amide bonds. The fraction of sp³-hybridized carbons (Fsp3) is 0.500. The van der Waals surface area contributed by atoms with Crippen LogP contribution in [-0.2, 0) is 6.54 Å². The van der Waals surface area contributed by atoms with Crippen LogP contribution in [0.25, 0.3) is 0 Å². The predicted octanol–water partition coefficient (Wildman–Crippen LogP) is -0.0447. The van der Waals surface area contributed by atoms with Crippen LogP contribution in [0.15, 0.2) is 10.9 Å². The van der Waals surface area contributed by atoms with Gasteiger partial charge in [-0.05, 0) is 19.4 Å². The number of hydrogen-bond donors (Lipinski definition) is 2. The first-order valence-electron chi connectivity index (χ1n) is 5.19. The molecule has 0 aromatic carbocycles. The van der Waals surface area contributed by atoms with Gasteiger partial charge in [0.25, 0.3) is 11.5 Å². The van der Waals surface area contributed by atoms with Crippen molar-refractivity contribution in [3.8, 4) is 0 Å². The summed E-state index contributed by atoms with van der Waals surface area (Å²) in [6.45, 7) is 4.27. The summed E-state index contributed by atoms with van der Waals surface area (Å²) >= 11 is 0. The molecule has 0 fully saturated rings. The van der Waals surface area contributed by atoms with Gasteiger partial charge in [0.1, 0.15) is 5.56 Å². The second-order valence-corrected chi connectivity index (χ2v) is 3.55. The van der Waals surface area contributed by atoms with Gasteiger partial charge in [0.05, 0.1) is 5.69 Å². The van der Waals surface area contributed by atoms with Crippen molar-refractivity contribution in [3.05, 3.63) is 27.7 Å². The van der Waals surface area contributed by atoms with Crippen molar-refractivity contribution in [2.45, 2.75) is 33.2 Å². The molecule has 0 radical (unpaired) electrons. The summed E-state index contributed by atoms with van der Waals surface area (Å²) in [4.78, 5) is 23.1. The van der Waals surface area contributed by atoms with Crippen LogP contribution in [0.1, 0.15) is 35.8 Å². The highest BCUT2D eigenvalue weighted by Gasteiger charge is 2.12. The Morgan fingerprint density at radius 1 is 1.62 bits per heavy atom. The van der Waals surface area contributed by atoms with E-state index in [0.29, 0.717) is 12.2 Å². The number of nitrogens with two attached hydrogens (primary N) is 1. The van der Waals surface area contributed by atoms with Crippen molar-refractivity contribution < 1.29 is 4.79 Å². The second kappa shape index (κ2) is 5.41. The van der Waals surface area contributed by atoms with E-state index in [1.165, 1.54) is 10.7 Å². The summed E-state index contributed by atoms with van der Waals surface area (Å²) in [5.74, 6) is 4.42. The van der Waals surface area contributed by atoms with E-state index in [-0.39, 0.29) is 5.56 Å². The van der Waals surface area contributed by atoms with Crippen molar-refractivity contribution in [3.63, 3.8) is 0 Å². The highest BCUT2D eigenvalue weighted by molar-refractivity contribution is 5.93. The second-order valence-electron chi connectivity index (χ2n) is 3.55. The van der Waals surface area contributed by atoms with Gasteiger partial charge < -0.3 is 0 Å². The molecular formula is C10H16N4O2. The number of nitrogens with zero attached hydrogens (tertiary/aromatic N) is 2. The number of rotatable bonds is 4. The molecule has 1 rings (SSSR count). The van der Waals surface area contributed by atoms with Crippen LogP contribution >= 0.6 is 0 Å². The van der Waals surface area contributed by atoms with E-state index in [1.807, 2.05) is 12.3 Å². The van der Waals surface area contributed by atoms with Gasteiger partial charge in [-0.15, -0.1) is 0 Å². The molecule has 0 aliphatic rings. The Bertz CT molecular complexity index is 439. The number of nitrogen functional groups attached to an aromatic ring is 1. The Morgan fingerprint density at radius 2 is 2.31 bits per heavy atom. The predicted molar refractivity (Wildman–Crippen MR) is 59.8 cm³/mol. The summed E-state index contributed by atoms with van der Waals surface area (Å²) in [7, 11) is 0. The van der Waals surface area contributed by atoms with Gasteiger partial charge in [0, 0.05) is 6.54 Å². The standard InChI is InChI=1S/C10H16N4O2/c1-3-4-5-14-10(16)8(9(15)12-11)6-7(2)13-14/h6H,3-5,11H2,1-2H3,(H,12,15). The first-order chi connectivity index (χ1) is 7.60. The zero-order chi connectivity index (χ0) is 12.1. The minimum Gasteiger partial charge on any atom is -0.290 e. The maximum Gasteiger partial charge on any atom is 0.279 e. The minimum absolute atomic E-state index is 0.0334. The molecule has 6 nitrogen and oxygen atoms in total. The number of nitrogens with one attached hydrogen (secondary N) is 1. The van der Waals surface area contributed by atoms with Crippen LogP contribution in [0.4, 0.5) is 0 Å². The Morgan fingerprint density at radius 3 is 2.88 bits per heavy atom. The highest BCUT2D eigenvalue weighted by atomic mass is 16.2. The lowest BCUT2D eigenvalue weighted by atomic mass is 10.2. The molecule has 6 heteroatoms. The van der Waals surface area contributed by atoms with Crippen LogP contribution < -0.4 is 16.8 Å². The largest absolute Gasteiger partial charge is 0.290 e. The van der Waals surface area contributed by atoms with E-state index >= 15 is 0 Å². The zero-order valence-electron chi connectivity index (χ0n) is 9.49. The summed E-state index contributed by atoms with van der Waals surface area (Å²) in [5, 5.41) is 4.07. The van der Waals surface area contributed by atoms with Gasteiger partial charge in [-0.3, -0.25) is 15.0 Å². The molecule has 0 unspecified atom stereocenters. The minimum atomic E-state index is -0.583. The fourth-order valence-electron chi connectivity index (χ4n) is 1.37. The summed E-state index contributed by atoms with van der Waals surface area (Å²) < 4.78 is 1.31. The molecule has 0 saturated heterocycles. The van der Waals surface area contributed by atoms with Crippen molar-refractivity contribution in [2.24, 2.45) is 5.84 Å². The smallest absolute Gasteiger partial charge is 0.279 e. The normalized spacial score (nSPS) is 10.2. The molecule has 0 atom stereocenters. The lowest BCUT2D eigenvalue weighted by Gasteiger charge is -2.07. The number of amides is 1. The number of aromatic nitrogens is 2. The van der Waals surface area contributed by atoms with Crippen molar-refractivity contribution in [1.29, 1.82) is 0 Å². The molecule has 0 saturated carbocycles. The third-order valence-electron chi connectivity index (χ3n) is 2.20. The average molecular weight is 224 g/mol. The van der Waals surface area contributed by atoms with Gasteiger partial charge >= 0.3 is 0 Å². The maximum absolute atomic E-state index is 11.8. The molecule has 3 N–H and O–H groups in total. The van der Waals surface area contributed by atoms with E-state index in [0.717, 1.165) is 12.8 Å². The molecule has 1 aromatic heterocycles. The number of hydrazine groups is 1. The average Bonchev–Trinajstić information content (AvgIpc) is 2.28. The summed E-state index contributed by atoms with van der Waals surface area (Å²) in [5.41, 5.74) is 2.20. The highest BCUT2D eigenvalue weighted by Crippen LogP contribution is 1.97. The zero-order valence-corrected chi connectivity index (χ0v) is 9.49. The molecular weight excluding hydrogens is 208 g/mol. The Hall–Kier alpha value is -1.69. The fourth-order valence-corrected chi connectivity index (χ4v) is 1.37. The summed E-state index contributed by atoms with van der Waals surface area (Å²) in [6.07, 6.45) is 1.81. The Balaban J connectivity index is 3.16. The van der Waals surface area contributed by atoms with E-state index in [9.17, 15) is 9.59 Å². The number of aryl methyl sites for hydroxylation is 2. The van der Waals surface area contributed by atoms with Crippen molar-refractivity contribution >= 4 is 5.91 Å². The Kier molecular flexibility index (Phi) is 4.19.